The number of nitrogens with one attached hydrogen (secondary N) is 2. The van der Waals surface area contributed by atoms with Crippen molar-refractivity contribution in [1.82, 2.24) is 15.0 Å². The van der Waals surface area contributed by atoms with Crippen LogP contribution in [0, 0.1) is 5.82 Å². The van der Waals surface area contributed by atoms with Gasteiger partial charge in [-0.2, -0.15) is 20.1 Å². The van der Waals surface area contributed by atoms with E-state index in [1.165, 1.54) is 18.6 Å². The molecule has 1 saturated heterocycles. The molecule has 0 saturated carbocycles. The fourth-order valence-electron chi connectivity index (χ4n) is 4.21. The lowest BCUT2D eigenvalue weighted by molar-refractivity contribution is 0.284. The van der Waals surface area contributed by atoms with Gasteiger partial charge in [0.2, 0.25) is 17.8 Å². The standard InChI is InChI=1S/C29H28Cl2FN7O2/c1-40-26-15-19(5-12-25(26)41-18-20-6-7-21(30)16-24(20)31)17-33-38-28-35-27(34-23-10-8-22(32)9-11-23)36-29(37-28)39-13-3-2-4-14-39/h5-12,15-17H,2-4,13-14,18H2,1H3,(H2,34,35,36,37,38)/b33-17-. The highest BCUT2D eigenvalue weighted by Crippen LogP contribution is 2.30. The first-order valence-corrected chi connectivity index (χ1v) is 13.8. The Hall–Kier alpha value is -4.15. The second kappa shape index (κ2) is 13.5. The zero-order valence-electron chi connectivity index (χ0n) is 22.3. The Morgan fingerprint density at radius 3 is 2.46 bits per heavy atom. The lowest BCUT2D eigenvalue weighted by atomic mass is 10.1. The SMILES string of the molecule is COc1cc(/C=N\Nc2nc(Nc3ccc(F)cc3)nc(N3CCCCC3)n2)ccc1OCc1ccc(Cl)cc1Cl. The highest BCUT2D eigenvalue weighted by Gasteiger charge is 2.16. The number of rotatable bonds is 10. The minimum atomic E-state index is -0.320. The normalized spacial score (nSPS) is 13.3. The van der Waals surface area contributed by atoms with E-state index in [1.807, 2.05) is 12.1 Å². The molecule has 0 atom stereocenters. The van der Waals surface area contributed by atoms with Gasteiger partial charge in [-0.05, 0) is 79.4 Å². The number of ether oxygens (including phenoxy) is 2. The van der Waals surface area contributed by atoms with Crippen LogP contribution in [0.5, 0.6) is 11.5 Å². The van der Waals surface area contributed by atoms with Crippen LogP contribution in [0.15, 0.2) is 65.8 Å². The summed E-state index contributed by atoms with van der Waals surface area (Å²) in [5, 5.41) is 8.54. The summed E-state index contributed by atoms with van der Waals surface area (Å²) in [7, 11) is 1.57. The van der Waals surface area contributed by atoms with Gasteiger partial charge in [0.15, 0.2) is 11.5 Å². The summed E-state index contributed by atoms with van der Waals surface area (Å²) in [5.74, 6) is 1.92. The first-order valence-electron chi connectivity index (χ1n) is 13.0. The topological polar surface area (TPSA) is 96.8 Å². The second-order valence-electron chi connectivity index (χ2n) is 9.27. The minimum Gasteiger partial charge on any atom is -0.493 e. The van der Waals surface area contributed by atoms with Gasteiger partial charge in [0.1, 0.15) is 12.4 Å². The third-order valence-electron chi connectivity index (χ3n) is 6.33. The predicted octanol–water partition coefficient (Wildman–Crippen LogP) is 7.09. The van der Waals surface area contributed by atoms with E-state index < -0.39 is 0 Å². The van der Waals surface area contributed by atoms with Gasteiger partial charge in [-0.25, -0.2) is 9.82 Å². The molecule has 0 bridgehead atoms. The molecule has 1 fully saturated rings. The Bertz CT molecular complexity index is 1520. The van der Waals surface area contributed by atoms with Gasteiger partial charge in [-0.3, -0.25) is 0 Å². The van der Waals surface area contributed by atoms with Crippen molar-refractivity contribution in [2.45, 2.75) is 25.9 Å². The smallest absolute Gasteiger partial charge is 0.250 e. The van der Waals surface area contributed by atoms with Crippen LogP contribution in [-0.4, -0.2) is 41.4 Å². The molecule has 3 aromatic carbocycles. The Morgan fingerprint density at radius 1 is 0.927 bits per heavy atom. The van der Waals surface area contributed by atoms with Gasteiger partial charge in [0.05, 0.1) is 13.3 Å². The first kappa shape index (κ1) is 28.4. The molecule has 0 amide bonds. The molecule has 0 unspecified atom stereocenters. The molecule has 1 aliphatic heterocycles. The Balaban J connectivity index is 1.29. The van der Waals surface area contributed by atoms with E-state index in [4.69, 9.17) is 32.7 Å². The largest absolute Gasteiger partial charge is 0.493 e. The van der Waals surface area contributed by atoms with Gasteiger partial charge in [0, 0.05) is 34.4 Å². The van der Waals surface area contributed by atoms with Gasteiger partial charge < -0.3 is 19.7 Å². The quantitative estimate of drug-likeness (QED) is 0.148. The maximum absolute atomic E-state index is 13.4. The molecule has 2 heterocycles. The van der Waals surface area contributed by atoms with Crippen LogP contribution in [0.2, 0.25) is 10.0 Å². The highest BCUT2D eigenvalue weighted by molar-refractivity contribution is 6.35. The van der Waals surface area contributed by atoms with Crippen molar-refractivity contribution < 1.29 is 13.9 Å². The second-order valence-corrected chi connectivity index (χ2v) is 10.1. The molecule has 0 aliphatic carbocycles. The van der Waals surface area contributed by atoms with Gasteiger partial charge in [-0.1, -0.05) is 29.3 Å². The molecular weight excluding hydrogens is 568 g/mol. The van der Waals surface area contributed by atoms with Crippen LogP contribution in [0.25, 0.3) is 0 Å². The number of hydrogen-bond donors (Lipinski definition) is 2. The number of anilines is 4. The fraction of sp³-hybridized carbons (Fsp3) is 0.241. The monoisotopic (exact) mass is 595 g/mol. The van der Waals surface area contributed by atoms with Crippen molar-refractivity contribution in [1.29, 1.82) is 0 Å². The lowest BCUT2D eigenvalue weighted by Crippen LogP contribution is -2.31. The molecule has 41 heavy (non-hydrogen) atoms. The number of methoxy groups -OCH3 is 1. The highest BCUT2D eigenvalue weighted by atomic mass is 35.5. The molecule has 5 rings (SSSR count). The maximum Gasteiger partial charge on any atom is 0.250 e. The zero-order chi connectivity index (χ0) is 28.6. The van der Waals surface area contributed by atoms with E-state index in [9.17, 15) is 4.39 Å². The van der Waals surface area contributed by atoms with E-state index in [0.717, 1.165) is 37.1 Å². The Labute approximate surface area is 247 Å². The van der Waals surface area contributed by atoms with E-state index >= 15 is 0 Å². The molecule has 1 aromatic heterocycles. The lowest BCUT2D eigenvalue weighted by Gasteiger charge is -2.26. The molecule has 0 spiro atoms. The number of benzene rings is 3. The third-order valence-corrected chi connectivity index (χ3v) is 6.91. The van der Waals surface area contributed by atoms with Crippen LogP contribution in [0.4, 0.5) is 27.9 Å². The van der Waals surface area contributed by atoms with E-state index in [0.29, 0.717) is 39.1 Å². The van der Waals surface area contributed by atoms with Crippen LogP contribution in [0.1, 0.15) is 30.4 Å². The van der Waals surface area contributed by atoms with Crippen molar-refractivity contribution >= 4 is 52.9 Å². The number of hydrazone groups is 1. The molecule has 9 nitrogen and oxygen atoms in total. The summed E-state index contributed by atoms with van der Waals surface area (Å²) in [6.07, 6.45) is 4.95. The summed E-state index contributed by atoms with van der Waals surface area (Å²) in [6, 6.07) is 16.7. The molecule has 1 aliphatic rings. The summed E-state index contributed by atoms with van der Waals surface area (Å²) in [6.45, 7) is 1.98. The van der Waals surface area contributed by atoms with Crippen molar-refractivity contribution in [3.05, 3.63) is 87.7 Å². The van der Waals surface area contributed by atoms with Crippen LogP contribution >= 0.6 is 23.2 Å². The number of aromatic nitrogens is 3. The molecule has 0 radical (unpaired) electrons. The third kappa shape index (κ3) is 7.74. The number of hydrogen-bond acceptors (Lipinski definition) is 9. The average molecular weight is 596 g/mol. The summed E-state index contributed by atoms with van der Waals surface area (Å²) >= 11 is 12.2. The van der Waals surface area contributed by atoms with Crippen molar-refractivity contribution in [2.24, 2.45) is 5.10 Å². The van der Waals surface area contributed by atoms with E-state index in [2.05, 4.69) is 35.7 Å². The van der Waals surface area contributed by atoms with Gasteiger partial charge in [-0.15, -0.1) is 0 Å². The van der Waals surface area contributed by atoms with Crippen molar-refractivity contribution in [2.75, 3.05) is 35.8 Å². The number of nitrogens with zero attached hydrogens (tertiary/aromatic N) is 5. The van der Waals surface area contributed by atoms with Crippen LogP contribution in [-0.2, 0) is 6.61 Å². The van der Waals surface area contributed by atoms with Crippen molar-refractivity contribution in [3.63, 3.8) is 0 Å². The summed E-state index contributed by atoms with van der Waals surface area (Å²) in [4.78, 5) is 15.7. The molecular formula is C29H28Cl2FN7O2. The predicted molar refractivity (Wildman–Crippen MR) is 161 cm³/mol. The minimum absolute atomic E-state index is 0.258. The van der Waals surface area contributed by atoms with Crippen molar-refractivity contribution in [3.8, 4) is 11.5 Å². The van der Waals surface area contributed by atoms with Gasteiger partial charge >= 0.3 is 0 Å². The summed E-state index contributed by atoms with van der Waals surface area (Å²) < 4.78 is 24.8. The van der Waals surface area contributed by atoms with Crippen LogP contribution < -0.4 is 25.1 Å². The van der Waals surface area contributed by atoms with E-state index in [-0.39, 0.29) is 18.4 Å². The first-order chi connectivity index (χ1) is 20.0. The Morgan fingerprint density at radius 2 is 1.71 bits per heavy atom. The molecule has 12 heteroatoms. The molecule has 4 aromatic rings. The maximum atomic E-state index is 13.4. The van der Waals surface area contributed by atoms with Gasteiger partial charge in [0.25, 0.3) is 0 Å². The summed E-state index contributed by atoms with van der Waals surface area (Å²) in [5.41, 5.74) is 5.13. The number of piperidine rings is 1. The van der Waals surface area contributed by atoms with Crippen LogP contribution in [0.3, 0.4) is 0 Å². The average Bonchev–Trinajstić information content (AvgIpc) is 2.98. The van der Waals surface area contributed by atoms with E-state index in [1.54, 1.807) is 49.7 Å². The number of halogens is 3. The molecule has 212 valence electrons. The zero-order valence-corrected chi connectivity index (χ0v) is 23.8. The fourth-order valence-corrected chi connectivity index (χ4v) is 4.67. The Kier molecular flexibility index (Phi) is 9.33. The molecule has 2 N–H and O–H groups in total.